The second-order valence-corrected chi connectivity index (χ2v) is 4.44. The molecule has 5 heteroatoms. The molecule has 1 amide bonds. The summed E-state index contributed by atoms with van der Waals surface area (Å²) in [6.45, 7) is 4.39. The Morgan fingerprint density at radius 2 is 2.44 bits per heavy atom. The van der Waals surface area contributed by atoms with Crippen molar-refractivity contribution in [1.82, 2.24) is 4.98 Å². The summed E-state index contributed by atoms with van der Waals surface area (Å²) in [6, 6.07) is 1.75. The first kappa shape index (κ1) is 10.9. The number of hydrogen-bond acceptors (Lipinski definition) is 4. The topological polar surface area (TPSA) is 77.2 Å². The molecule has 3 N–H and O–H groups in total. The highest BCUT2D eigenvalue weighted by molar-refractivity contribution is 5.98. The molecule has 16 heavy (non-hydrogen) atoms. The number of hydrogen-bond donors (Lipinski definition) is 2. The van der Waals surface area contributed by atoms with Crippen molar-refractivity contribution in [3.8, 4) is 0 Å². The van der Waals surface area contributed by atoms with Crippen LogP contribution in [-0.4, -0.2) is 30.6 Å². The van der Waals surface area contributed by atoms with Crippen molar-refractivity contribution in [2.45, 2.75) is 6.92 Å². The van der Waals surface area contributed by atoms with Gasteiger partial charge in [-0.15, -0.1) is 0 Å². The first-order valence-corrected chi connectivity index (χ1v) is 5.16. The summed E-state index contributed by atoms with van der Waals surface area (Å²) in [7, 11) is 0. The molecule has 0 aliphatic carbocycles. The molecule has 1 saturated heterocycles. The van der Waals surface area contributed by atoms with E-state index in [-0.39, 0.29) is 5.41 Å². The lowest BCUT2D eigenvalue weighted by atomic mass is 9.88. The number of anilines is 1. The molecule has 86 valence electrons. The summed E-state index contributed by atoms with van der Waals surface area (Å²) >= 11 is 0. The third kappa shape index (κ3) is 2.14. The molecule has 5 nitrogen and oxygen atoms in total. The number of amides is 1. The van der Waals surface area contributed by atoms with Crippen LogP contribution in [0, 0.1) is 5.41 Å². The van der Waals surface area contributed by atoms with Gasteiger partial charge in [-0.25, -0.2) is 0 Å². The van der Waals surface area contributed by atoms with Crippen LogP contribution in [0.4, 0.5) is 5.69 Å². The maximum absolute atomic E-state index is 11.1. The van der Waals surface area contributed by atoms with Crippen LogP contribution in [0.3, 0.4) is 0 Å². The van der Waals surface area contributed by atoms with Crippen molar-refractivity contribution in [2.24, 2.45) is 11.1 Å². The number of carbonyl (C=O) groups is 1. The van der Waals surface area contributed by atoms with Gasteiger partial charge in [-0.2, -0.15) is 0 Å². The van der Waals surface area contributed by atoms with Gasteiger partial charge < -0.3 is 15.8 Å². The van der Waals surface area contributed by atoms with Gasteiger partial charge in [0, 0.05) is 24.4 Å². The molecule has 0 saturated carbocycles. The van der Waals surface area contributed by atoms with Crippen LogP contribution in [-0.2, 0) is 4.74 Å². The van der Waals surface area contributed by atoms with Crippen LogP contribution in [0.5, 0.6) is 0 Å². The Hall–Kier alpha value is -1.62. The van der Waals surface area contributed by atoms with E-state index in [1.54, 1.807) is 12.3 Å². The fourth-order valence-corrected chi connectivity index (χ4v) is 1.61. The standard InChI is InChI=1S/C11H15N3O2/c1-11(6-16-7-11)5-14-9-2-3-13-4-8(9)10(12)15/h2-4H,5-7H2,1H3,(H2,12,15)(H,13,14). The van der Waals surface area contributed by atoms with E-state index in [1.165, 1.54) is 6.20 Å². The summed E-state index contributed by atoms with van der Waals surface area (Å²) in [6.07, 6.45) is 3.11. The molecule has 0 bridgehead atoms. The summed E-state index contributed by atoms with van der Waals surface area (Å²) < 4.78 is 5.16. The molecule has 0 spiro atoms. The molecule has 0 unspecified atom stereocenters. The maximum Gasteiger partial charge on any atom is 0.252 e. The van der Waals surface area contributed by atoms with Gasteiger partial charge in [0.05, 0.1) is 24.5 Å². The van der Waals surface area contributed by atoms with Crippen molar-refractivity contribution >= 4 is 11.6 Å². The van der Waals surface area contributed by atoms with Crippen molar-refractivity contribution in [3.63, 3.8) is 0 Å². The molecular formula is C11H15N3O2. The molecular weight excluding hydrogens is 206 g/mol. The van der Waals surface area contributed by atoms with Crippen LogP contribution >= 0.6 is 0 Å². The van der Waals surface area contributed by atoms with E-state index in [0.29, 0.717) is 5.56 Å². The minimum Gasteiger partial charge on any atom is -0.384 e. The lowest BCUT2D eigenvalue weighted by molar-refractivity contribution is -0.0924. The van der Waals surface area contributed by atoms with Gasteiger partial charge in [-0.1, -0.05) is 6.92 Å². The van der Waals surface area contributed by atoms with Gasteiger partial charge in [-0.3, -0.25) is 9.78 Å². The van der Waals surface area contributed by atoms with Gasteiger partial charge in [0.1, 0.15) is 0 Å². The second-order valence-electron chi connectivity index (χ2n) is 4.44. The van der Waals surface area contributed by atoms with E-state index in [2.05, 4.69) is 17.2 Å². The van der Waals surface area contributed by atoms with Gasteiger partial charge in [0.25, 0.3) is 5.91 Å². The first-order valence-electron chi connectivity index (χ1n) is 5.16. The van der Waals surface area contributed by atoms with E-state index in [4.69, 9.17) is 10.5 Å². The van der Waals surface area contributed by atoms with E-state index < -0.39 is 5.91 Å². The molecule has 1 aromatic rings. The summed E-state index contributed by atoms with van der Waals surface area (Å²) in [5, 5.41) is 3.22. The van der Waals surface area contributed by atoms with Gasteiger partial charge in [0.15, 0.2) is 0 Å². The zero-order valence-electron chi connectivity index (χ0n) is 9.19. The third-order valence-electron chi connectivity index (χ3n) is 2.69. The Labute approximate surface area is 94.0 Å². The average molecular weight is 221 g/mol. The van der Waals surface area contributed by atoms with Crippen LogP contribution in [0.2, 0.25) is 0 Å². The van der Waals surface area contributed by atoms with Gasteiger partial charge >= 0.3 is 0 Å². The molecule has 2 rings (SSSR count). The lowest BCUT2D eigenvalue weighted by Gasteiger charge is -2.38. The molecule has 0 radical (unpaired) electrons. The Morgan fingerprint density at radius 3 is 3.00 bits per heavy atom. The van der Waals surface area contributed by atoms with Gasteiger partial charge in [-0.05, 0) is 6.07 Å². The fourth-order valence-electron chi connectivity index (χ4n) is 1.61. The molecule has 1 aliphatic rings. The molecule has 2 heterocycles. The molecule has 1 aliphatic heterocycles. The summed E-state index contributed by atoms with van der Waals surface area (Å²) in [5.41, 5.74) is 6.56. The molecule has 1 aromatic heterocycles. The monoisotopic (exact) mass is 221 g/mol. The van der Waals surface area contributed by atoms with E-state index in [0.717, 1.165) is 25.4 Å². The largest absolute Gasteiger partial charge is 0.384 e. The second kappa shape index (κ2) is 4.09. The Kier molecular flexibility index (Phi) is 2.78. The van der Waals surface area contributed by atoms with Crippen molar-refractivity contribution in [1.29, 1.82) is 0 Å². The Morgan fingerprint density at radius 1 is 1.69 bits per heavy atom. The number of aromatic nitrogens is 1. The fraction of sp³-hybridized carbons (Fsp3) is 0.455. The predicted molar refractivity (Wildman–Crippen MR) is 60.2 cm³/mol. The average Bonchev–Trinajstić information content (AvgIpc) is 2.24. The number of nitrogens with one attached hydrogen (secondary N) is 1. The normalized spacial score (nSPS) is 17.6. The first-order chi connectivity index (χ1) is 7.61. The number of carbonyl (C=O) groups excluding carboxylic acids is 1. The molecule has 0 atom stereocenters. The maximum atomic E-state index is 11.1. The van der Waals surface area contributed by atoms with E-state index in [1.807, 2.05) is 0 Å². The van der Waals surface area contributed by atoms with Crippen LogP contribution < -0.4 is 11.1 Å². The number of ether oxygens (including phenoxy) is 1. The van der Waals surface area contributed by atoms with Gasteiger partial charge in [0.2, 0.25) is 0 Å². The highest BCUT2D eigenvalue weighted by Crippen LogP contribution is 2.27. The third-order valence-corrected chi connectivity index (χ3v) is 2.69. The minimum absolute atomic E-state index is 0.151. The SMILES string of the molecule is CC1(CNc2ccncc2C(N)=O)COC1. The highest BCUT2D eigenvalue weighted by atomic mass is 16.5. The summed E-state index contributed by atoms with van der Waals surface area (Å²) in [4.78, 5) is 15.0. The zero-order valence-corrected chi connectivity index (χ0v) is 9.19. The predicted octanol–water partition coefficient (Wildman–Crippen LogP) is 0.629. The molecule has 1 fully saturated rings. The number of rotatable bonds is 4. The van der Waals surface area contributed by atoms with E-state index in [9.17, 15) is 4.79 Å². The number of nitrogens with two attached hydrogens (primary N) is 1. The van der Waals surface area contributed by atoms with Crippen LogP contribution in [0.25, 0.3) is 0 Å². The number of pyridine rings is 1. The minimum atomic E-state index is -0.467. The number of nitrogens with zero attached hydrogens (tertiary/aromatic N) is 1. The van der Waals surface area contributed by atoms with Crippen LogP contribution in [0.1, 0.15) is 17.3 Å². The quantitative estimate of drug-likeness (QED) is 0.781. The smallest absolute Gasteiger partial charge is 0.252 e. The van der Waals surface area contributed by atoms with Crippen molar-refractivity contribution < 1.29 is 9.53 Å². The lowest BCUT2D eigenvalue weighted by Crippen LogP contribution is -2.45. The molecule has 0 aromatic carbocycles. The number of primary amides is 1. The van der Waals surface area contributed by atoms with Crippen LogP contribution in [0.15, 0.2) is 18.5 Å². The van der Waals surface area contributed by atoms with Crippen molar-refractivity contribution in [2.75, 3.05) is 25.1 Å². The zero-order chi connectivity index (χ0) is 11.6. The Bertz CT molecular complexity index is 402. The summed E-state index contributed by atoms with van der Waals surface area (Å²) in [5.74, 6) is -0.467. The Balaban J connectivity index is 2.06. The van der Waals surface area contributed by atoms with E-state index >= 15 is 0 Å². The van der Waals surface area contributed by atoms with Crippen molar-refractivity contribution in [3.05, 3.63) is 24.0 Å². The highest BCUT2D eigenvalue weighted by Gasteiger charge is 2.33.